The lowest BCUT2D eigenvalue weighted by molar-refractivity contribution is -0.118. The van der Waals surface area contributed by atoms with E-state index in [1.165, 1.54) is 23.1 Å². The van der Waals surface area contributed by atoms with Crippen LogP contribution in [0.3, 0.4) is 0 Å². The summed E-state index contributed by atoms with van der Waals surface area (Å²) in [7, 11) is 0. The zero-order valence-corrected chi connectivity index (χ0v) is 16.4. The van der Waals surface area contributed by atoms with E-state index in [2.05, 4.69) is 23.5 Å². The molecule has 134 valence electrons. The second-order valence-electron chi connectivity index (χ2n) is 5.29. The summed E-state index contributed by atoms with van der Waals surface area (Å²) >= 11 is 4.29. The first-order valence-corrected chi connectivity index (χ1v) is 10.6. The molecule has 0 spiro atoms. The number of rotatable bonds is 8. The van der Waals surface area contributed by atoms with Crippen molar-refractivity contribution in [3.8, 4) is 10.4 Å². The molecular weight excluding hydrogens is 386 g/mol. The molecule has 0 atom stereocenters. The molecule has 3 aromatic heterocycles. The summed E-state index contributed by atoms with van der Waals surface area (Å²) in [5.41, 5.74) is 0.809. The molecule has 3 aromatic rings. The maximum atomic E-state index is 13.1. The first kappa shape index (κ1) is 18.6. The van der Waals surface area contributed by atoms with Gasteiger partial charge in [-0.05, 0) is 11.4 Å². The van der Waals surface area contributed by atoms with Gasteiger partial charge in [-0.3, -0.25) is 14.2 Å². The molecule has 0 aromatic carbocycles. The van der Waals surface area contributed by atoms with Gasteiger partial charge in [-0.2, -0.15) is 0 Å². The predicted octanol–water partition coefficient (Wildman–Crippen LogP) is 3.77. The van der Waals surface area contributed by atoms with E-state index in [0.717, 1.165) is 10.4 Å². The molecule has 0 fully saturated rings. The van der Waals surface area contributed by atoms with Gasteiger partial charge in [0.1, 0.15) is 4.83 Å². The fraction of sp³-hybridized carbons (Fsp3) is 0.167. The first-order valence-electron chi connectivity index (χ1n) is 7.83. The molecule has 0 saturated heterocycles. The highest BCUT2D eigenvalue weighted by molar-refractivity contribution is 7.99. The number of nitrogens with one attached hydrogen (secondary N) is 1. The highest BCUT2D eigenvalue weighted by atomic mass is 32.2. The van der Waals surface area contributed by atoms with Gasteiger partial charge in [-0.15, -0.1) is 35.8 Å². The van der Waals surface area contributed by atoms with Crippen LogP contribution in [0.4, 0.5) is 0 Å². The Labute approximate surface area is 163 Å². The quantitative estimate of drug-likeness (QED) is 0.353. The number of allylic oxidation sites excluding steroid dienone is 1. The molecule has 3 heterocycles. The third-order valence-electron chi connectivity index (χ3n) is 3.53. The molecule has 1 N–H and O–H groups in total. The molecular formula is C18H17N3O2S3. The van der Waals surface area contributed by atoms with Crippen molar-refractivity contribution in [3.05, 3.63) is 58.6 Å². The zero-order valence-electron chi connectivity index (χ0n) is 13.9. The van der Waals surface area contributed by atoms with Crippen LogP contribution >= 0.6 is 34.4 Å². The van der Waals surface area contributed by atoms with E-state index in [1.54, 1.807) is 28.1 Å². The molecule has 0 aliphatic heterocycles. The largest absolute Gasteiger partial charge is 0.352 e. The Balaban J connectivity index is 2.00. The minimum atomic E-state index is -0.125. The van der Waals surface area contributed by atoms with Crippen LogP contribution in [0.15, 0.2) is 58.2 Å². The molecule has 26 heavy (non-hydrogen) atoms. The van der Waals surface area contributed by atoms with Gasteiger partial charge in [-0.1, -0.05) is 30.0 Å². The minimum Gasteiger partial charge on any atom is -0.352 e. The van der Waals surface area contributed by atoms with Gasteiger partial charge < -0.3 is 5.32 Å². The molecule has 0 aliphatic carbocycles. The summed E-state index contributed by atoms with van der Waals surface area (Å²) in [6.45, 7) is 8.06. The lowest BCUT2D eigenvalue weighted by Gasteiger charge is -2.10. The van der Waals surface area contributed by atoms with E-state index in [4.69, 9.17) is 0 Å². The van der Waals surface area contributed by atoms with E-state index in [0.29, 0.717) is 28.5 Å². The van der Waals surface area contributed by atoms with Crippen molar-refractivity contribution in [2.24, 2.45) is 0 Å². The fourth-order valence-electron chi connectivity index (χ4n) is 2.39. The molecule has 0 radical (unpaired) electrons. The average Bonchev–Trinajstić information content (AvgIpc) is 3.30. The second kappa shape index (κ2) is 8.48. The van der Waals surface area contributed by atoms with Crippen LogP contribution in [0.2, 0.25) is 0 Å². The van der Waals surface area contributed by atoms with E-state index in [9.17, 15) is 9.59 Å². The molecule has 8 heteroatoms. The monoisotopic (exact) mass is 403 g/mol. The summed E-state index contributed by atoms with van der Waals surface area (Å²) in [4.78, 5) is 31.3. The summed E-state index contributed by atoms with van der Waals surface area (Å²) in [5.74, 6) is 0.0615. The normalized spacial score (nSPS) is 10.8. The van der Waals surface area contributed by atoms with Crippen LogP contribution in [0.5, 0.6) is 0 Å². The molecule has 1 amide bonds. The van der Waals surface area contributed by atoms with E-state index in [1.807, 2.05) is 22.9 Å². The van der Waals surface area contributed by atoms with Crippen LogP contribution < -0.4 is 10.9 Å². The molecule has 3 rings (SSSR count). The number of fused-ring (bicyclic) bond motifs is 1. The SMILES string of the molecule is C=CCNC(=O)CSc1nc2scc(-c3cccs3)c2c(=O)n1CC=C. The van der Waals surface area contributed by atoms with Crippen LogP contribution in [-0.2, 0) is 11.3 Å². The van der Waals surface area contributed by atoms with Crippen molar-refractivity contribution in [2.45, 2.75) is 11.7 Å². The average molecular weight is 404 g/mol. The van der Waals surface area contributed by atoms with Gasteiger partial charge in [0, 0.05) is 28.9 Å². The Kier molecular flexibility index (Phi) is 6.08. The number of thioether (sulfide) groups is 1. The Bertz CT molecular complexity index is 1000. The number of hydrogen-bond donors (Lipinski definition) is 1. The minimum absolute atomic E-state index is 0.103. The van der Waals surface area contributed by atoms with Crippen LogP contribution in [0.1, 0.15) is 0 Å². The second-order valence-corrected chi connectivity index (χ2v) is 8.04. The van der Waals surface area contributed by atoms with Gasteiger partial charge >= 0.3 is 0 Å². The van der Waals surface area contributed by atoms with Crippen LogP contribution in [-0.4, -0.2) is 27.8 Å². The van der Waals surface area contributed by atoms with E-state index >= 15 is 0 Å². The van der Waals surface area contributed by atoms with Crippen molar-refractivity contribution in [2.75, 3.05) is 12.3 Å². The summed E-state index contributed by atoms with van der Waals surface area (Å²) in [6, 6.07) is 3.96. The van der Waals surface area contributed by atoms with Crippen molar-refractivity contribution >= 4 is 50.6 Å². The number of nitrogens with zero attached hydrogens (tertiary/aromatic N) is 2. The lowest BCUT2D eigenvalue weighted by atomic mass is 10.2. The summed E-state index contributed by atoms with van der Waals surface area (Å²) < 4.78 is 1.57. The Morgan fingerprint density at radius 3 is 2.88 bits per heavy atom. The lowest BCUT2D eigenvalue weighted by Crippen LogP contribution is -2.26. The number of aromatic nitrogens is 2. The topological polar surface area (TPSA) is 64.0 Å². The van der Waals surface area contributed by atoms with Gasteiger partial charge in [0.05, 0.1) is 11.1 Å². The number of thiophene rings is 2. The van der Waals surface area contributed by atoms with Crippen LogP contribution in [0, 0.1) is 0 Å². The zero-order chi connectivity index (χ0) is 18.5. The number of hydrogen-bond acceptors (Lipinski definition) is 6. The fourth-order valence-corrected chi connectivity index (χ4v) is 5.03. The van der Waals surface area contributed by atoms with E-state index < -0.39 is 0 Å². The molecule has 0 saturated carbocycles. The predicted molar refractivity (Wildman–Crippen MR) is 111 cm³/mol. The molecule has 0 aliphatic rings. The van der Waals surface area contributed by atoms with Gasteiger partial charge in [0.25, 0.3) is 5.56 Å². The standard InChI is InChI=1S/C18H17N3O2S3/c1-3-7-19-14(22)11-26-18-20-16-15(17(23)21(18)8-4-2)12(10-25-16)13-6-5-9-24-13/h3-6,9-10H,1-2,7-8,11H2,(H,19,22). The van der Waals surface area contributed by atoms with Crippen molar-refractivity contribution in [1.29, 1.82) is 0 Å². The Morgan fingerprint density at radius 1 is 1.35 bits per heavy atom. The number of amides is 1. The Hall–Kier alpha value is -2.16. The number of carbonyl (C=O) groups is 1. The third kappa shape index (κ3) is 3.82. The smallest absolute Gasteiger partial charge is 0.263 e. The van der Waals surface area contributed by atoms with Gasteiger partial charge in [-0.25, -0.2) is 4.98 Å². The van der Waals surface area contributed by atoms with Gasteiger partial charge in [0.2, 0.25) is 5.91 Å². The molecule has 0 bridgehead atoms. The van der Waals surface area contributed by atoms with Crippen molar-refractivity contribution in [3.63, 3.8) is 0 Å². The first-order chi connectivity index (χ1) is 12.7. The summed E-state index contributed by atoms with van der Waals surface area (Å²) in [6.07, 6.45) is 3.28. The van der Waals surface area contributed by atoms with E-state index in [-0.39, 0.29) is 17.2 Å². The Morgan fingerprint density at radius 2 is 2.19 bits per heavy atom. The van der Waals surface area contributed by atoms with Crippen LogP contribution in [0.25, 0.3) is 20.7 Å². The van der Waals surface area contributed by atoms with Crippen molar-refractivity contribution < 1.29 is 4.79 Å². The summed E-state index contributed by atoms with van der Waals surface area (Å²) in [5, 5.41) is 7.82. The van der Waals surface area contributed by atoms with Gasteiger partial charge in [0.15, 0.2) is 5.16 Å². The number of carbonyl (C=O) groups excluding carboxylic acids is 1. The molecule has 0 unspecified atom stereocenters. The molecule has 5 nitrogen and oxygen atoms in total. The van der Waals surface area contributed by atoms with Crippen molar-refractivity contribution in [1.82, 2.24) is 14.9 Å². The maximum Gasteiger partial charge on any atom is 0.263 e. The highest BCUT2D eigenvalue weighted by Gasteiger charge is 2.18. The maximum absolute atomic E-state index is 13.1. The highest BCUT2D eigenvalue weighted by Crippen LogP contribution is 2.34. The third-order valence-corrected chi connectivity index (χ3v) is 6.28.